The van der Waals surface area contributed by atoms with Crippen molar-refractivity contribution in [3.05, 3.63) is 80.9 Å². The van der Waals surface area contributed by atoms with Gasteiger partial charge in [0.25, 0.3) is 21.5 Å². The van der Waals surface area contributed by atoms with Crippen LogP contribution in [0.15, 0.2) is 52.3 Å². The number of H-pyrrole nitrogens is 1. The molecule has 4 rings (SSSR count). The monoisotopic (exact) mass is 509 g/mol. The molecule has 0 saturated heterocycles. The molecule has 2 aromatic heterocycles. The van der Waals surface area contributed by atoms with E-state index in [-0.39, 0.29) is 17.4 Å². The first kappa shape index (κ1) is 25.6. The average molecular weight is 510 g/mol. The molecule has 8 nitrogen and oxygen atoms in total. The maximum atomic E-state index is 13.2. The molecular weight excluding hydrogens is 478 g/mol. The van der Waals surface area contributed by atoms with Gasteiger partial charge in [0, 0.05) is 17.8 Å². The Bertz CT molecular complexity index is 1430. The van der Waals surface area contributed by atoms with Crippen molar-refractivity contribution in [1.29, 1.82) is 0 Å². The Morgan fingerprint density at radius 2 is 1.72 bits per heavy atom. The van der Waals surface area contributed by atoms with E-state index < -0.39 is 26.4 Å². The second-order valence-electron chi connectivity index (χ2n) is 9.67. The van der Waals surface area contributed by atoms with E-state index in [1.807, 2.05) is 37.6 Å². The predicted octanol–water partition coefficient (Wildman–Crippen LogP) is 4.90. The number of carbonyl (C=O) groups excluding carboxylic acids is 1. The van der Waals surface area contributed by atoms with Crippen molar-refractivity contribution >= 4 is 15.9 Å². The molecule has 2 N–H and O–H groups in total. The molecule has 0 atom stereocenters. The number of rotatable bonds is 6. The fourth-order valence-corrected chi connectivity index (χ4v) is 5.79. The van der Waals surface area contributed by atoms with Crippen molar-refractivity contribution in [2.45, 2.75) is 64.2 Å². The van der Waals surface area contributed by atoms with Gasteiger partial charge in [0.2, 0.25) is 5.88 Å². The molecule has 2 heterocycles. The van der Waals surface area contributed by atoms with E-state index >= 15 is 0 Å². The first-order chi connectivity index (χ1) is 17.0. The topological polar surface area (TPSA) is 118 Å². The van der Waals surface area contributed by atoms with Gasteiger partial charge in [0.15, 0.2) is 4.90 Å². The van der Waals surface area contributed by atoms with E-state index in [1.165, 1.54) is 12.3 Å². The van der Waals surface area contributed by atoms with Crippen molar-refractivity contribution < 1.29 is 17.9 Å². The molecule has 1 saturated carbocycles. The van der Waals surface area contributed by atoms with Crippen LogP contribution in [0.1, 0.15) is 71.3 Å². The summed E-state index contributed by atoms with van der Waals surface area (Å²) in [5.74, 6) is 0.598. The van der Waals surface area contributed by atoms with E-state index in [4.69, 9.17) is 9.72 Å². The number of pyridine rings is 2. The van der Waals surface area contributed by atoms with Crippen LogP contribution in [0, 0.1) is 26.7 Å². The van der Waals surface area contributed by atoms with Crippen LogP contribution in [0.5, 0.6) is 11.6 Å². The van der Waals surface area contributed by atoms with Crippen LogP contribution >= 0.6 is 0 Å². The van der Waals surface area contributed by atoms with E-state index in [2.05, 4.69) is 11.9 Å². The fraction of sp³-hybridized carbons (Fsp3) is 0.370. The number of benzene rings is 1. The second-order valence-corrected chi connectivity index (χ2v) is 11.3. The highest BCUT2D eigenvalue weighted by atomic mass is 32.2. The highest BCUT2D eigenvalue weighted by molar-refractivity contribution is 7.90. The Morgan fingerprint density at radius 3 is 2.36 bits per heavy atom. The van der Waals surface area contributed by atoms with E-state index in [0.29, 0.717) is 11.7 Å². The highest BCUT2D eigenvalue weighted by Gasteiger charge is 2.27. The van der Waals surface area contributed by atoms with Gasteiger partial charge in [-0.25, -0.2) is 18.1 Å². The molecule has 0 aliphatic heterocycles. The molecule has 0 unspecified atom stereocenters. The second kappa shape index (κ2) is 10.3. The molecule has 0 spiro atoms. The molecule has 1 aromatic carbocycles. The zero-order valence-electron chi connectivity index (χ0n) is 20.9. The zero-order chi connectivity index (χ0) is 26.0. The minimum atomic E-state index is -4.41. The average Bonchev–Trinajstić information content (AvgIpc) is 2.81. The van der Waals surface area contributed by atoms with Crippen LogP contribution in [0.4, 0.5) is 0 Å². The molecule has 1 fully saturated rings. The Kier molecular flexibility index (Phi) is 7.31. The van der Waals surface area contributed by atoms with Crippen LogP contribution in [0.25, 0.3) is 0 Å². The molecule has 1 aliphatic carbocycles. The summed E-state index contributed by atoms with van der Waals surface area (Å²) >= 11 is 0. The molecule has 36 heavy (non-hydrogen) atoms. The quantitative estimate of drug-likeness (QED) is 0.488. The molecular formula is C27H31N3O5S. The summed E-state index contributed by atoms with van der Waals surface area (Å²) < 4.78 is 33.8. The van der Waals surface area contributed by atoms with Crippen molar-refractivity contribution in [3.63, 3.8) is 0 Å². The van der Waals surface area contributed by atoms with Gasteiger partial charge in [-0.1, -0.05) is 37.5 Å². The number of aromatic amines is 1. The number of nitrogens with one attached hydrogen (secondary N) is 2. The summed E-state index contributed by atoms with van der Waals surface area (Å²) in [7, 11) is -4.41. The Hall–Kier alpha value is -3.46. The number of hydrogen-bond acceptors (Lipinski definition) is 6. The lowest BCUT2D eigenvalue weighted by Gasteiger charge is -2.26. The maximum absolute atomic E-state index is 13.2. The van der Waals surface area contributed by atoms with Crippen molar-refractivity contribution in [3.8, 4) is 11.6 Å². The van der Waals surface area contributed by atoms with Gasteiger partial charge in [-0.15, -0.1) is 0 Å². The third kappa shape index (κ3) is 5.51. The first-order valence-corrected chi connectivity index (χ1v) is 13.5. The van der Waals surface area contributed by atoms with Gasteiger partial charge < -0.3 is 9.72 Å². The summed E-state index contributed by atoms with van der Waals surface area (Å²) in [4.78, 5) is 31.7. The number of carbonyl (C=O) groups is 1. The van der Waals surface area contributed by atoms with Crippen molar-refractivity contribution in [2.75, 3.05) is 0 Å². The first-order valence-electron chi connectivity index (χ1n) is 12.1. The number of amides is 1. The SMILES string of the molecule is Cc1cc(C)c(Oc2nc(C3CCC(C)CC3)ccc2C(=O)NS(=O)(=O)c2ccc[nH]c2=O)c(C)c1. The van der Waals surface area contributed by atoms with E-state index in [9.17, 15) is 18.0 Å². The Morgan fingerprint density at radius 1 is 1.06 bits per heavy atom. The number of aryl methyl sites for hydroxylation is 3. The van der Waals surface area contributed by atoms with Crippen LogP contribution in [0.3, 0.4) is 0 Å². The summed E-state index contributed by atoms with van der Waals surface area (Å²) in [5, 5.41) is 0. The minimum absolute atomic E-state index is 0.0294. The fourth-order valence-electron chi connectivity index (χ4n) is 4.76. The van der Waals surface area contributed by atoms with Crippen molar-refractivity contribution in [1.82, 2.24) is 14.7 Å². The lowest BCUT2D eigenvalue weighted by Crippen LogP contribution is -2.34. The summed E-state index contributed by atoms with van der Waals surface area (Å²) in [6.07, 6.45) is 5.51. The molecule has 9 heteroatoms. The normalized spacial score (nSPS) is 18.0. The molecule has 190 valence electrons. The minimum Gasteiger partial charge on any atom is -0.438 e. The maximum Gasteiger partial charge on any atom is 0.270 e. The number of sulfonamides is 1. The van der Waals surface area contributed by atoms with Gasteiger partial charge in [-0.3, -0.25) is 9.59 Å². The molecule has 0 bridgehead atoms. The molecule has 0 radical (unpaired) electrons. The third-order valence-electron chi connectivity index (χ3n) is 6.66. The highest BCUT2D eigenvalue weighted by Crippen LogP contribution is 2.37. The summed E-state index contributed by atoms with van der Waals surface area (Å²) in [6, 6.07) is 9.77. The summed E-state index contributed by atoms with van der Waals surface area (Å²) in [5.41, 5.74) is 2.80. The van der Waals surface area contributed by atoms with Gasteiger partial charge in [0.05, 0.1) is 0 Å². The van der Waals surface area contributed by atoms with Gasteiger partial charge in [-0.2, -0.15) is 0 Å². The number of aromatic nitrogens is 2. The number of hydrogen-bond donors (Lipinski definition) is 2. The van der Waals surface area contributed by atoms with Crippen molar-refractivity contribution in [2.24, 2.45) is 5.92 Å². The molecule has 3 aromatic rings. The van der Waals surface area contributed by atoms with E-state index in [1.54, 1.807) is 12.1 Å². The molecule has 1 aliphatic rings. The standard InChI is InChI=1S/C27H31N3O5S/c1-16-7-9-20(10-8-16)22-12-11-21(25(31)30-36(33,34)23-6-5-13-28-26(23)32)27(29-22)35-24-18(3)14-17(2)15-19(24)4/h5-6,11-16,20H,7-10H2,1-4H3,(H,28,32)(H,30,31). The van der Waals surface area contributed by atoms with E-state index in [0.717, 1.165) is 54.1 Å². The Labute approximate surface area is 211 Å². The summed E-state index contributed by atoms with van der Waals surface area (Å²) in [6.45, 7) is 8.05. The van der Waals surface area contributed by atoms with Crippen LogP contribution < -0.4 is 15.0 Å². The lowest BCUT2D eigenvalue weighted by atomic mass is 9.81. The number of nitrogens with zero attached hydrogens (tertiary/aromatic N) is 1. The smallest absolute Gasteiger partial charge is 0.270 e. The van der Waals surface area contributed by atoms with Gasteiger partial charge in [0.1, 0.15) is 11.3 Å². The van der Waals surface area contributed by atoms with Crippen LogP contribution in [-0.4, -0.2) is 24.3 Å². The van der Waals surface area contributed by atoms with Gasteiger partial charge >= 0.3 is 0 Å². The Balaban J connectivity index is 1.73. The largest absolute Gasteiger partial charge is 0.438 e. The van der Waals surface area contributed by atoms with Gasteiger partial charge in [-0.05, 0) is 74.9 Å². The molecule has 1 amide bonds. The lowest BCUT2D eigenvalue weighted by molar-refractivity contribution is 0.0978. The third-order valence-corrected chi connectivity index (χ3v) is 8.02. The predicted molar refractivity (Wildman–Crippen MR) is 137 cm³/mol. The number of ether oxygens (including phenoxy) is 1. The van der Waals surface area contributed by atoms with Crippen LogP contribution in [0.2, 0.25) is 0 Å². The van der Waals surface area contributed by atoms with Crippen LogP contribution in [-0.2, 0) is 10.0 Å². The zero-order valence-corrected chi connectivity index (χ0v) is 21.7.